The molecule has 1 aromatic heterocycles. The zero-order valence-corrected chi connectivity index (χ0v) is 21.9. The fourth-order valence-corrected chi connectivity index (χ4v) is 5.52. The average molecular weight is 549 g/mol. The van der Waals surface area contributed by atoms with Gasteiger partial charge in [0.25, 0.3) is 11.8 Å². The predicted octanol–water partition coefficient (Wildman–Crippen LogP) is 5.55. The van der Waals surface area contributed by atoms with Gasteiger partial charge in [0.1, 0.15) is 0 Å². The zero-order valence-electron chi connectivity index (χ0n) is 19.5. The summed E-state index contributed by atoms with van der Waals surface area (Å²) in [4.78, 5) is 30.2. The van der Waals surface area contributed by atoms with E-state index in [-0.39, 0.29) is 18.4 Å². The summed E-state index contributed by atoms with van der Waals surface area (Å²) in [6, 6.07) is 22.1. The Kier molecular flexibility index (Phi) is 7.35. The van der Waals surface area contributed by atoms with Crippen molar-refractivity contribution in [1.29, 1.82) is 0 Å². The minimum Gasteiger partial charge on any atom is -0.493 e. The summed E-state index contributed by atoms with van der Waals surface area (Å²) in [5, 5.41) is 4.67. The molecule has 4 aromatic rings. The summed E-state index contributed by atoms with van der Waals surface area (Å²) in [6.45, 7) is -0.180. The molecule has 0 bridgehead atoms. The van der Waals surface area contributed by atoms with Crippen LogP contribution in [0.2, 0.25) is 0 Å². The number of thiocarbonyl (C=S) groups is 1. The molecule has 11 heteroatoms. The number of hydrogen-bond acceptors (Lipinski definition) is 9. The Bertz CT molecular complexity index is 1490. The van der Waals surface area contributed by atoms with Crippen LogP contribution in [0.1, 0.15) is 5.56 Å². The number of aromatic nitrogens is 1. The number of hydrazine groups is 1. The number of benzene rings is 3. The number of carbonyl (C=O) groups is 2. The van der Waals surface area contributed by atoms with Crippen LogP contribution in [0.25, 0.3) is 16.3 Å². The molecule has 2 heterocycles. The highest BCUT2D eigenvalue weighted by Crippen LogP contribution is 2.36. The van der Waals surface area contributed by atoms with Crippen LogP contribution < -0.4 is 20.2 Å². The van der Waals surface area contributed by atoms with E-state index in [1.807, 2.05) is 42.5 Å². The molecule has 0 unspecified atom stereocenters. The third-order valence-corrected chi connectivity index (χ3v) is 7.44. The molecule has 0 saturated carbocycles. The number of hydrogen-bond donors (Lipinski definition) is 2. The number of thiazole rings is 1. The first-order valence-corrected chi connectivity index (χ1v) is 13.1. The van der Waals surface area contributed by atoms with Crippen LogP contribution in [0, 0.1) is 0 Å². The Morgan fingerprint density at radius 1 is 1.08 bits per heavy atom. The summed E-state index contributed by atoms with van der Waals surface area (Å²) in [7, 11) is 1.51. The smallest absolute Gasteiger partial charge is 0.285 e. The summed E-state index contributed by atoms with van der Waals surface area (Å²) in [5.74, 6) is 0.282. The van der Waals surface area contributed by atoms with Crippen LogP contribution in [-0.2, 0) is 9.59 Å². The van der Waals surface area contributed by atoms with Crippen LogP contribution in [0.5, 0.6) is 11.5 Å². The summed E-state index contributed by atoms with van der Waals surface area (Å²) in [6.07, 6.45) is 1.73. The number of fused-ring (bicyclic) bond motifs is 1. The van der Waals surface area contributed by atoms with Crippen molar-refractivity contribution in [2.45, 2.75) is 0 Å². The maximum Gasteiger partial charge on any atom is 0.285 e. The summed E-state index contributed by atoms with van der Waals surface area (Å²) < 4.78 is 12.5. The van der Waals surface area contributed by atoms with Crippen molar-refractivity contribution in [2.24, 2.45) is 0 Å². The first-order chi connectivity index (χ1) is 18.0. The SMILES string of the molecule is COc1cc(/C=C2\SC(=S)N(Nc3nc4ccccc4s3)C2=O)ccc1OCC(=O)Nc1ccccc1. The molecule has 2 N–H and O–H groups in total. The quantitative estimate of drug-likeness (QED) is 0.219. The van der Waals surface area contributed by atoms with E-state index < -0.39 is 0 Å². The number of anilines is 2. The predicted molar refractivity (Wildman–Crippen MR) is 152 cm³/mol. The van der Waals surface area contributed by atoms with Gasteiger partial charge < -0.3 is 14.8 Å². The lowest BCUT2D eigenvalue weighted by molar-refractivity contribution is -0.121. The van der Waals surface area contributed by atoms with Gasteiger partial charge in [0.15, 0.2) is 22.4 Å². The molecule has 3 aromatic carbocycles. The maximum absolute atomic E-state index is 13.1. The van der Waals surface area contributed by atoms with Crippen molar-refractivity contribution >= 4 is 78.6 Å². The molecule has 1 fully saturated rings. The fourth-order valence-electron chi connectivity index (χ4n) is 3.49. The lowest BCUT2D eigenvalue weighted by Gasteiger charge is -2.14. The van der Waals surface area contributed by atoms with E-state index in [0.29, 0.717) is 31.5 Å². The van der Waals surface area contributed by atoms with E-state index in [9.17, 15) is 9.59 Å². The number of methoxy groups -OCH3 is 1. The van der Waals surface area contributed by atoms with Crippen LogP contribution in [0.4, 0.5) is 10.8 Å². The highest BCUT2D eigenvalue weighted by Gasteiger charge is 2.33. The average Bonchev–Trinajstić information content (AvgIpc) is 3.44. The molecule has 1 aliphatic heterocycles. The number of rotatable bonds is 8. The minimum atomic E-state index is -0.290. The normalized spacial score (nSPS) is 14.3. The zero-order chi connectivity index (χ0) is 25.8. The largest absolute Gasteiger partial charge is 0.493 e. The van der Waals surface area contributed by atoms with Gasteiger partial charge in [-0.05, 0) is 60.3 Å². The van der Waals surface area contributed by atoms with E-state index in [4.69, 9.17) is 21.7 Å². The molecule has 0 radical (unpaired) electrons. The van der Waals surface area contributed by atoms with Crippen molar-refractivity contribution < 1.29 is 19.1 Å². The van der Waals surface area contributed by atoms with Gasteiger partial charge in [0.2, 0.25) is 5.13 Å². The lowest BCUT2D eigenvalue weighted by atomic mass is 10.2. The highest BCUT2D eigenvalue weighted by molar-refractivity contribution is 8.26. The van der Waals surface area contributed by atoms with Crippen molar-refractivity contribution in [3.8, 4) is 11.5 Å². The molecule has 8 nitrogen and oxygen atoms in total. The van der Waals surface area contributed by atoms with Gasteiger partial charge in [-0.25, -0.2) is 4.98 Å². The Morgan fingerprint density at radius 2 is 1.86 bits per heavy atom. The number of nitrogens with one attached hydrogen (secondary N) is 2. The van der Waals surface area contributed by atoms with Crippen molar-refractivity contribution in [2.75, 3.05) is 24.5 Å². The third kappa shape index (κ3) is 5.74. The molecular weight excluding hydrogens is 529 g/mol. The van der Waals surface area contributed by atoms with Crippen LogP contribution in [-0.4, -0.2) is 39.8 Å². The Hall–Kier alpha value is -3.93. The highest BCUT2D eigenvalue weighted by atomic mass is 32.2. The van der Waals surface area contributed by atoms with Gasteiger partial charge in [-0.15, -0.1) is 0 Å². The molecule has 1 aliphatic rings. The Balaban J connectivity index is 1.25. The second-order valence-corrected chi connectivity index (χ2v) is 10.4. The fraction of sp³-hybridized carbons (Fsp3) is 0.0769. The number of nitrogens with zero attached hydrogens (tertiary/aromatic N) is 2. The third-order valence-electron chi connectivity index (χ3n) is 5.20. The Labute approximate surface area is 226 Å². The van der Waals surface area contributed by atoms with Gasteiger partial charge in [-0.3, -0.25) is 15.0 Å². The van der Waals surface area contributed by atoms with E-state index in [1.54, 1.807) is 36.4 Å². The van der Waals surface area contributed by atoms with E-state index in [0.717, 1.165) is 15.8 Å². The topological polar surface area (TPSA) is 92.8 Å². The maximum atomic E-state index is 13.1. The second-order valence-electron chi connectivity index (χ2n) is 7.73. The first-order valence-electron chi connectivity index (χ1n) is 11.1. The van der Waals surface area contributed by atoms with E-state index in [1.165, 1.54) is 35.2 Å². The van der Waals surface area contributed by atoms with Crippen LogP contribution in [0.3, 0.4) is 0 Å². The molecule has 0 atom stereocenters. The monoisotopic (exact) mass is 548 g/mol. The lowest BCUT2D eigenvalue weighted by Crippen LogP contribution is -2.33. The van der Waals surface area contributed by atoms with Gasteiger partial charge in [0.05, 0.1) is 22.2 Å². The molecule has 37 heavy (non-hydrogen) atoms. The molecule has 2 amide bonds. The molecule has 186 valence electrons. The number of ether oxygens (including phenoxy) is 2. The number of para-hydroxylation sites is 2. The number of carbonyl (C=O) groups excluding carboxylic acids is 2. The number of amides is 2. The minimum absolute atomic E-state index is 0.180. The van der Waals surface area contributed by atoms with Crippen LogP contribution in [0.15, 0.2) is 77.7 Å². The van der Waals surface area contributed by atoms with E-state index in [2.05, 4.69) is 15.7 Å². The molecule has 5 rings (SSSR count). The first kappa shape index (κ1) is 24.8. The van der Waals surface area contributed by atoms with E-state index >= 15 is 0 Å². The molecule has 1 saturated heterocycles. The van der Waals surface area contributed by atoms with Gasteiger partial charge in [0, 0.05) is 5.69 Å². The van der Waals surface area contributed by atoms with Gasteiger partial charge >= 0.3 is 0 Å². The standard InChI is InChI=1S/C26H20N4O4S3/c1-33-20-13-16(11-12-19(20)34-15-23(31)27-17-7-3-2-4-8-17)14-22-24(32)30(26(35)37-22)29-25-28-18-9-5-6-10-21(18)36-25/h2-14H,15H2,1H3,(H,27,31)(H,28,29)/b22-14-. The Morgan fingerprint density at radius 3 is 2.65 bits per heavy atom. The van der Waals surface area contributed by atoms with Crippen LogP contribution >= 0.6 is 35.3 Å². The number of thioether (sulfide) groups is 1. The summed E-state index contributed by atoms with van der Waals surface area (Å²) >= 11 is 8.06. The molecule has 0 aliphatic carbocycles. The molecular formula is C26H20N4O4S3. The van der Waals surface area contributed by atoms with Gasteiger partial charge in [-0.1, -0.05) is 59.5 Å². The second kappa shape index (κ2) is 11.0. The van der Waals surface area contributed by atoms with Crippen molar-refractivity contribution in [3.05, 3.63) is 83.3 Å². The summed E-state index contributed by atoms with van der Waals surface area (Å²) in [5.41, 5.74) is 5.29. The van der Waals surface area contributed by atoms with Crippen molar-refractivity contribution in [1.82, 2.24) is 9.99 Å². The molecule has 0 spiro atoms. The van der Waals surface area contributed by atoms with Gasteiger partial charge in [-0.2, -0.15) is 5.01 Å². The van der Waals surface area contributed by atoms with Crippen molar-refractivity contribution in [3.63, 3.8) is 0 Å².